The minimum atomic E-state index is -0.466. The molecular formula is C17H16ClFN2O2. The molecule has 0 saturated carbocycles. The summed E-state index contributed by atoms with van der Waals surface area (Å²) in [6.07, 6.45) is 0. The Balaban J connectivity index is 0.00000192. The second kappa shape index (κ2) is 6.48. The van der Waals surface area contributed by atoms with Crippen molar-refractivity contribution in [2.75, 3.05) is 0 Å². The number of carbonyl (C=O) groups is 2. The van der Waals surface area contributed by atoms with Crippen LogP contribution >= 0.6 is 12.4 Å². The average Bonchev–Trinajstić information content (AvgIpc) is 2.74. The Labute approximate surface area is 139 Å². The van der Waals surface area contributed by atoms with Crippen molar-refractivity contribution in [1.29, 1.82) is 0 Å². The van der Waals surface area contributed by atoms with Gasteiger partial charge in [0.2, 0.25) is 0 Å². The first-order valence-electron chi connectivity index (χ1n) is 6.98. The maximum absolute atomic E-state index is 14.1. The van der Waals surface area contributed by atoms with Crippen molar-refractivity contribution < 1.29 is 14.0 Å². The number of benzene rings is 2. The van der Waals surface area contributed by atoms with Crippen molar-refractivity contribution in [2.45, 2.75) is 19.5 Å². The number of imide groups is 1. The van der Waals surface area contributed by atoms with Crippen molar-refractivity contribution in [2.24, 2.45) is 5.73 Å². The minimum Gasteiger partial charge on any atom is -0.324 e. The molecule has 0 aliphatic carbocycles. The van der Waals surface area contributed by atoms with E-state index in [-0.39, 0.29) is 30.6 Å². The normalized spacial score (nSPS) is 14.5. The maximum Gasteiger partial charge on any atom is 0.261 e. The van der Waals surface area contributed by atoms with Gasteiger partial charge in [0.1, 0.15) is 5.82 Å². The first-order valence-corrected chi connectivity index (χ1v) is 6.98. The second-order valence-electron chi connectivity index (χ2n) is 5.34. The quantitative estimate of drug-likeness (QED) is 0.877. The topological polar surface area (TPSA) is 63.4 Å². The average molecular weight is 335 g/mol. The summed E-state index contributed by atoms with van der Waals surface area (Å²) in [5.41, 5.74) is 7.44. The number of amides is 2. The zero-order chi connectivity index (χ0) is 15.9. The van der Waals surface area contributed by atoms with E-state index >= 15 is 0 Å². The molecule has 2 aromatic carbocycles. The number of nitrogens with two attached hydrogens (primary N) is 1. The lowest BCUT2D eigenvalue weighted by Crippen LogP contribution is -2.30. The molecule has 0 spiro atoms. The molecule has 2 N–H and O–H groups in total. The van der Waals surface area contributed by atoms with Crippen LogP contribution in [0.1, 0.15) is 44.8 Å². The van der Waals surface area contributed by atoms with Crippen LogP contribution in [-0.2, 0) is 6.54 Å². The van der Waals surface area contributed by atoms with Crippen LogP contribution in [0.5, 0.6) is 0 Å². The predicted octanol–water partition coefficient (Wildman–Crippen LogP) is 3.06. The van der Waals surface area contributed by atoms with E-state index in [0.717, 1.165) is 4.90 Å². The molecule has 6 heteroatoms. The van der Waals surface area contributed by atoms with E-state index in [9.17, 15) is 14.0 Å². The van der Waals surface area contributed by atoms with Crippen molar-refractivity contribution in [3.05, 3.63) is 70.5 Å². The molecule has 1 aliphatic rings. The number of halogens is 2. The van der Waals surface area contributed by atoms with Gasteiger partial charge in [-0.15, -0.1) is 12.4 Å². The molecule has 1 aliphatic heterocycles. The van der Waals surface area contributed by atoms with Crippen LogP contribution in [-0.4, -0.2) is 16.7 Å². The lowest BCUT2D eigenvalue weighted by Gasteiger charge is -2.19. The van der Waals surface area contributed by atoms with Crippen molar-refractivity contribution in [3.63, 3.8) is 0 Å². The molecule has 0 aromatic heterocycles. The SMILES string of the molecule is CC(N)c1cccc(F)c1CN1C(=O)c2ccccc2C1=O.Cl. The van der Waals surface area contributed by atoms with Gasteiger partial charge in [-0.2, -0.15) is 0 Å². The molecule has 23 heavy (non-hydrogen) atoms. The highest BCUT2D eigenvalue weighted by Gasteiger charge is 2.35. The van der Waals surface area contributed by atoms with Gasteiger partial charge in [-0.3, -0.25) is 14.5 Å². The molecule has 0 saturated heterocycles. The van der Waals surface area contributed by atoms with Gasteiger partial charge in [0.05, 0.1) is 17.7 Å². The fraction of sp³-hybridized carbons (Fsp3) is 0.176. The molecule has 4 nitrogen and oxygen atoms in total. The van der Waals surface area contributed by atoms with Crippen LogP contribution in [0.25, 0.3) is 0 Å². The van der Waals surface area contributed by atoms with E-state index in [1.807, 2.05) is 0 Å². The molecule has 3 rings (SSSR count). The molecular weight excluding hydrogens is 319 g/mol. The number of nitrogens with zero attached hydrogens (tertiary/aromatic N) is 1. The molecule has 120 valence electrons. The standard InChI is InChI=1S/C17H15FN2O2.ClH/c1-10(19)11-7-4-8-15(18)14(11)9-20-16(21)12-5-2-3-6-13(12)17(20)22;/h2-8,10H,9,19H2,1H3;1H. The van der Waals surface area contributed by atoms with E-state index in [2.05, 4.69) is 0 Å². The highest BCUT2D eigenvalue weighted by atomic mass is 35.5. The zero-order valence-corrected chi connectivity index (χ0v) is 13.3. The summed E-state index contributed by atoms with van der Waals surface area (Å²) in [5.74, 6) is -1.27. The van der Waals surface area contributed by atoms with Crippen LogP contribution in [0.15, 0.2) is 42.5 Å². The zero-order valence-electron chi connectivity index (χ0n) is 12.5. The van der Waals surface area contributed by atoms with E-state index in [4.69, 9.17) is 5.73 Å². The largest absolute Gasteiger partial charge is 0.324 e. The molecule has 0 fully saturated rings. The number of hydrogen-bond acceptors (Lipinski definition) is 3. The van der Waals surface area contributed by atoms with Crippen LogP contribution in [0.3, 0.4) is 0 Å². The Hall–Kier alpha value is -2.24. The van der Waals surface area contributed by atoms with Gasteiger partial charge < -0.3 is 5.73 Å². The minimum absolute atomic E-state index is 0. The first-order chi connectivity index (χ1) is 10.5. The van der Waals surface area contributed by atoms with Gasteiger partial charge in [0.25, 0.3) is 11.8 Å². The predicted molar refractivity (Wildman–Crippen MR) is 86.9 cm³/mol. The summed E-state index contributed by atoms with van der Waals surface area (Å²) in [7, 11) is 0. The van der Waals surface area contributed by atoms with E-state index < -0.39 is 17.6 Å². The summed E-state index contributed by atoms with van der Waals surface area (Å²) in [4.78, 5) is 25.8. The number of carbonyl (C=O) groups excluding carboxylic acids is 2. The van der Waals surface area contributed by atoms with Gasteiger partial charge >= 0.3 is 0 Å². The Morgan fingerprint density at radius 1 is 1.04 bits per heavy atom. The molecule has 1 unspecified atom stereocenters. The molecule has 1 heterocycles. The first kappa shape index (κ1) is 17.1. The van der Waals surface area contributed by atoms with Crippen molar-refractivity contribution in [3.8, 4) is 0 Å². The molecule has 2 amide bonds. The van der Waals surface area contributed by atoms with Crippen LogP contribution in [0, 0.1) is 5.82 Å². The number of fused-ring (bicyclic) bond motifs is 1. The Bertz CT molecular complexity index is 742. The maximum atomic E-state index is 14.1. The third-order valence-electron chi connectivity index (χ3n) is 3.84. The van der Waals surface area contributed by atoms with Gasteiger partial charge in [0.15, 0.2) is 0 Å². The fourth-order valence-corrected chi connectivity index (χ4v) is 2.71. The molecule has 0 bridgehead atoms. The van der Waals surface area contributed by atoms with Crippen LogP contribution in [0.4, 0.5) is 4.39 Å². The third-order valence-corrected chi connectivity index (χ3v) is 3.84. The summed E-state index contributed by atoms with van der Waals surface area (Å²) in [5, 5.41) is 0. The Kier molecular flexibility index (Phi) is 4.82. The van der Waals surface area contributed by atoms with Crippen LogP contribution < -0.4 is 5.73 Å². The van der Waals surface area contributed by atoms with E-state index in [1.165, 1.54) is 6.07 Å². The van der Waals surface area contributed by atoms with Crippen molar-refractivity contribution in [1.82, 2.24) is 4.90 Å². The third kappa shape index (κ3) is 2.85. The van der Waals surface area contributed by atoms with Gasteiger partial charge in [-0.05, 0) is 30.7 Å². The van der Waals surface area contributed by atoms with Crippen molar-refractivity contribution >= 4 is 24.2 Å². The second-order valence-corrected chi connectivity index (χ2v) is 5.34. The van der Waals surface area contributed by atoms with Gasteiger partial charge in [-0.25, -0.2) is 4.39 Å². The fourth-order valence-electron chi connectivity index (χ4n) is 2.71. The Morgan fingerprint density at radius 3 is 2.13 bits per heavy atom. The molecule has 0 radical (unpaired) electrons. The monoisotopic (exact) mass is 334 g/mol. The Morgan fingerprint density at radius 2 is 1.61 bits per heavy atom. The summed E-state index contributed by atoms with van der Waals surface area (Å²) in [6, 6.07) is 10.8. The number of hydrogen-bond donors (Lipinski definition) is 1. The smallest absolute Gasteiger partial charge is 0.261 e. The highest BCUT2D eigenvalue weighted by molar-refractivity contribution is 6.21. The van der Waals surface area contributed by atoms with Gasteiger partial charge in [-0.1, -0.05) is 24.3 Å². The lowest BCUT2D eigenvalue weighted by molar-refractivity contribution is 0.0640. The van der Waals surface area contributed by atoms with E-state index in [0.29, 0.717) is 16.7 Å². The highest BCUT2D eigenvalue weighted by Crippen LogP contribution is 2.27. The molecule has 2 aromatic rings. The molecule has 1 atom stereocenters. The summed E-state index contributed by atoms with van der Waals surface area (Å²) in [6.45, 7) is 1.62. The lowest BCUT2D eigenvalue weighted by atomic mass is 10.0. The van der Waals surface area contributed by atoms with Crippen LogP contribution in [0.2, 0.25) is 0 Å². The summed E-state index contributed by atoms with van der Waals surface area (Å²) >= 11 is 0. The van der Waals surface area contributed by atoms with E-state index in [1.54, 1.807) is 43.3 Å². The summed E-state index contributed by atoms with van der Waals surface area (Å²) < 4.78 is 14.1. The van der Waals surface area contributed by atoms with Gasteiger partial charge in [0, 0.05) is 11.6 Å². The number of rotatable bonds is 3.